The van der Waals surface area contributed by atoms with Crippen molar-refractivity contribution in [3.05, 3.63) is 64.1 Å². The largest absolute Gasteiger partial charge is 0.326 e. The van der Waals surface area contributed by atoms with Gasteiger partial charge in [0.1, 0.15) is 0 Å². The third kappa shape index (κ3) is 5.45. The molecular formula is C19H20Cl2N2O3S. The molecule has 1 aliphatic rings. The van der Waals surface area contributed by atoms with Gasteiger partial charge in [0.25, 0.3) is 0 Å². The number of sulfonamides is 1. The van der Waals surface area contributed by atoms with Crippen LogP contribution in [0.5, 0.6) is 0 Å². The van der Waals surface area contributed by atoms with Crippen molar-refractivity contribution in [2.45, 2.75) is 18.6 Å². The molecule has 27 heavy (non-hydrogen) atoms. The monoisotopic (exact) mass is 426 g/mol. The molecule has 3 rings (SSSR count). The summed E-state index contributed by atoms with van der Waals surface area (Å²) in [6.45, 7) is 0.674. The van der Waals surface area contributed by atoms with Crippen molar-refractivity contribution in [3.63, 3.8) is 0 Å². The first-order valence-corrected chi connectivity index (χ1v) is 11.0. The van der Waals surface area contributed by atoms with Gasteiger partial charge in [-0.3, -0.25) is 4.79 Å². The number of piperidine rings is 1. The lowest BCUT2D eigenvalue weighted by atomic mass is 9.97. The predicted molar refractivity (Wildman–Crippen MR) is 108 cm³/mol. The zero-order valence-corrected chi connectivity index (χ0v) is 16.9. The van der Waals surface area contributed by atoms with Gasteiger partial charge >= 0.3 is 0 Å². The van der Waals surface area contributed by atoms with Gasteiger partial charge < -0.3 is 5.32 Å². The van der Waals surface area contributed by atoms with E-state index < -0.39 is 10.0 Å². The summed E-state index contributed by atoms with van der Waals surface area (Å²) in [5, 5.41) is 3.97. The number of nitrogens with one attached hydrogen (secondary N) is 1. The highest BCUT2D eigenvalue weighted by atomic mass is 35.5. The summed E-state index contributed by atoms with van der Waals surface area (Å²) in [5.74, 6) is -0.387. The Kier molecular flexibility index (Phi) is 6.42. The van der Waals surface area contributed by atoms with E-state index in [1.54, 1.807) is 48.5 Å². The van der Waals surface area contributed by atoms with Crippen molar-refractivity contribution in [1.29, 1.82) is 0 Å². The number of halogens is 2. The lowest BCUT2D eigenvalue weighted by molar-refractivity contribution is -0.120. The fourth-order valence-electron chi connectivity index (χ4n) is 3.09. The minimum absolute atomic E-state index is 0.0659. The van der Waals surface area contributed by atoms with E-state index in [1.807, 2.05) is 0 Å². The van der Waals surface area contributed by atoms with E-state index in [4.69, 9.17) is 23.2 Å². The molecule has 0 unspecified atom stereocenters. The minimum atomic E-state index is -3.42. The number of benzene rings is 2. The number of hydrogen-bond donors (Lipinski definition) is 1. The first-order chi connectivity index (χ1) is 12.8. The number of amides is 1. The molecule has 8 heteroatoms. The van der Waals surface area contributed by atoms with Crippen LogP contribution in [0.4, 0.5) is 5.69 Å². The molecule has 2 aromatic rings. The van der Waals surface area contributed by atoms with Gasteiger partial charge in [-0.2, -0.15) is 0 Å². The van der Waals surface area contributed by atoms with Crippen LogP contribution in [0, 0.1) is 5.92 Å². The molecule has 2 aromatic carbocycles. The smallest absolute Gasteiger partial charge is 0.227 e. The Morgan fingerprint density at radius 2 is 1.70 bits per heavy atom. The Morgan fingerprint density at radius 1 is 1.04 bits per heavy atom. The summed E-state index contributed by atoms with van der Waals surface area (Å²) in [5.41, 5.74) is 1.34. The van der Waals surface area contributed by atoms with E-state index in [0.717, 1.165) is 0 Å². The van der Waals surface area contributed by atoms with Crippen LogP contribution in [-0.4, -0.2) is 31.7 Å². The van der Waals surface area contributed by atoms with Crippen molar-refractivity contribution >= 4 is 44.8 Å². The zero-order chi connectivity index (χ0) is 19.4. The molecule has 0 aromatic heterocycles. The minimum Gasteiger partial charge on any atom is -0.326 e. The molecule has 0 radical (unpaired) electrons. The summed E-state index contributed by atoms with van der Waals surface area (Å²) in [7, 11) is -3.42. The van der Waals surface area contributed by atoms with Gasteiger partial charge in [-0.05, 0) is 48.7 Å². The normalized spacial score (nSPS) is 16.2. The molecule has 1 saturated heterocycles. The molecule has 5 nitrogen and oxygen atoms in total. The van der Waals surface area contributed by atoms with Crippen LogP contribution in [0.3, 0.4) is 0 Å². The van der Waals surface area contributed by atoms with Crippen LogP contribution >= 0.6 is 23.2 Å². The highest BCUT2D eigenvalue weighted by Crippen LogP contribution is 2.24. The number of anilines is 1. The van der Waals surface area contributed by atoms with E-state index in [-0.39, 0.29) is 17.6 Å². The Morgan fingerprint density at radius 3 is 2.33 bits per heavy atom. The second-order valence-corrected chi connectivity index (χ2v) is 9.40. The summed E-state index contributed by atoms with van der Waals surface area (Å²) in [4.78, 5) is 12.4. The van der Waals surface area contributed by atoms with Crippen molar-refractivity contribution < 1.29 is 13.2 Å². The lowest BCUT2D eigenvalue weighted by Crippen LogP contribution is -2.41. The fraction of sp³-hybridized carbons (Fsp3) is 0.316. The van der Waals surface area contributed by atoms with Gasteiger partial charge in [0.2, 0.25) is 15.9 Å². The second-order valence-electron chi connectivity index (χ2n) is 6.56. The Labute approximate surface area is 169 Å². The number of carbonyl (C=O) groups is 1. The molecule has 0 spiro atoms. The predicted octanol–water partition coefficient (Wildman–Crippen LogP) is 4.17. The maximum Gasteiger partial charge on any atom is 0.227 e. The van der Waals surface area contributed by atoms with Crippen LogP contribution in [0.1, 0.15) is 18.4 Å². The molecule has 1 fully saturated rings. The maximum absolute atomic E-state index is 12.6. The zero-order valence-electron chi connectivity index (χ0n) is 14.6. The molecule has 0 aliphatic carbocycles. The Bertz CT molecular complexity index is 909. The average molecular weight is 427 g/mol. The van der Waals surface area contributed by atoms with Crippen LogP contribution in [-0.2, 0) is 20.6 Å². The Hall–Kier alpha value is -1.60. The van der Waals surface area contributed by atoms with E-state index in [1.165, 1.54) is 4.31 Å². The average Bonchev–Trinajstić information content (AvgIpc) is 2.63. The fourth-order valence-corrected chi connectivity index (χ4v) is 4.97. The van der Waals surface area contributed by atoms with Crippen molar-refractivity contribution in [2.75, 3.05) is 18.4 Å². The van der Waals surface area contributed by atoms with Gasteiger partial charge in [0.15, 0.2) is 0 Å². The van der Waals surface area contributed by atoms with Gasteiger partial charge in [0.05, 0.1) is 5.75 Å². The maximum atomic E-state index is 12.6. The molecule has 1 amide bonds. The molecule has 1 heterocycles. The first kappa shape index (κ1) is 20.1. The van der Waals surface area contributed by atoms with Gasteiger partial charge in [-0.15, -0.1) is 0 Å². The molecule has 0 atom stereocenters. The van der Waals surface area contributed by atoms with Crippen molar-refractivity contribution in [1.82, 2.24) is 4.31 Å². The van der Waals surface area contributed by atoms with Crippen LogP contribution in [0.25, 0.3) is 0 Å². The van der Waals surface area contributed by atoms with Gasteiger partial charge in [-0.1, -0.05) is 41.4 Å². The first-order valence-electron chi connectivity index (χ1n) is 8.62. The van der Waals surface area contributed by atoms with Crippen molar-refractivity contribution in [2.24, 2.45) is 5.92 Å². The molecular weight excluding hydrogens is 407 g/mol. The van der Waals surface area contributed by atoms with Crippen LogP contribution in [0.15, 0.2) is 48.5 Å². The molecule has 144 valence electrons. The quantitative estimate of drug-likeness (QED) is 0.779. The summed E-state index contributed by atoms with van der Waals surface area (Å²) < 4.78 is 26.7. The van der Waals surface area contributed by atoms with E-state index in [9.17, 15) is 13.2 Å². The number of rotatable bonds is 5. The summed E-state index contributed by atoms with van der Waals surface area (Å²) in [6, 6.07) is 13.7. The topological polar surface area (TPSA) is 66.5 Å². The molecule has 0 saturated carbocycles. The third-order valence-corrected chi connectivity index (χ3v) is 6.91. The lowest BCUT2D eigenvalue weighted by Gasteiger charge is -2.30. The molecule has 0 bridgehead atoms. The number of hydrogen-bond acceptors (Lipinski definition) is 3. The molecule has 1 aliphatic heterocycles. The second kappa shape index (κ2) is 8.61. The van der Waals surface area contributed by atoms with E-state index in [0.29, 0.717) is 47.2 Å². The highest BCUT2D eigenvalue weighted by molar-refractivity contribution is 7.88. The standard InChI is InChI=1S/C19H20Cl2N2O3S/c20-16-6-4-14(5-7-16)13-27(25,26)23-10-8-15(9-11-23)19(24)22-18-3-1-2-17(21)12-18/h1-7,12,15H,8-11,13H2,(H,22,24). The number of carbonyl (C=O) groups excluding carboxylic acids is 1. The van der Waals surface area contributed by atoms with Crippen LogP contribution in [0.2, 0.25) is 10.0 Å². The van der Waals surface area contributed by atoms with Gasteiger partial charge in [-0.25, -0.2) is 12.7 Å². The molecule has 1 N–H and O–H groups in total. The summed E-state index contributed by atoms with van der Waals surface area (Å²) in [6.07, 6.45) is 0.985. The number of nitrogens with zero attached hydrogens (tertiary/aromatic N) is 1. The summed E-state index contributed by atoms with van der Waals surface area (Å²) >= 11 is 11.8. The van der Waals surface area contributed by atoms with E-state index in [2.05, 4.69) is 5.32 Å². The SMILES string of the molecule is O=C(Nc1cccc(Cl)c1)C1CCN(S(=O)(=O)Cc2ccc(Cl)cc2)CC1. The van der Waals surface area contributed by atoms with Crippen molar-refractivity contribution in [3.8, 4) is 0 Å². The van der Waals surface area contributed by atoms with Gasteiger partial charge in [0, 0.05) is 34.7 Å². The van der Waals surface area contributed by atoms with E-state index >= 15 is 0 Å². The highest BCUT2D eigenvalue weighted by Gasteiger charge is 2.31. The Balaban J connectivity index is 1.56. The van der Waals surface area contributed by atoms with Crippen LogP contribution < -0.4 is 5.32 Å². The third-order valence-electron chi connectivity index (χ3n) is 4.57.